The number of aliphatic carboxylic acids is 1. The maximum absolute atomic E-state index is 12.6. The van der Waals surface area contributed by atoms with Crippen molar-refractivity contribution in [3.63, 3.8) is 0 Å². The molecule has 0 fully saturated rings. The van der Waals surface area contributed by atoms with Crippen molar-refractivity contribution in [2.75, 3.05) is 25.0 Å². The van der Waals surface area contributed by atoms with E-state index in [1.54, 1.807) is 36.4 Å². The second kappa shape index (κ2) is 10.8. The number of benzene rings is 2. The fourth-order valence-corrected chi connectivity index (χ4v) is 2.59. The number of rotatable bonds is 10. The third kappa shape index (κ3) is 7.27. The van der Waals surface area contributed by atoms with Crippen molar-refractivity contribution < 1.29 is 24.2 Å². The first-order chi connectivity index (χ1) is 13.9. The number of carbonyl (C=O) groups excluding carboxylic acids is 2. The van der Waals surface area contributed by atoms with Crippen LogP contribution in [0.3, 0.4) is 0 Å². The molecule has 0 spiro atoms. The van der Waals surface area contributed by atoms with Crippen LogP contribution in [0.1, 0.15) is 13.8 Å². The molecule has 8 heteroatoms. The first kappa shape index (κ1) is 21.9. The molecule has 0 radical (unpaired) electrons. The molecule has 2 aromatic rings. The van der Waals surface area contributed by atoms with Gasteiger partial charge in [-0.2, -0.15) is 0 Å². The standard InChI is InChI=1S/C21H25N3O5/c1-15(21(27)28)24(13-12-22-16(2)25)14-20(26)23-18-10-6-7-11-19(18)29-17-8-4-3-5-9-17/h3-11,15H,12-14H2,1-2H3,(H,22,25)(H,23,26)(H,27,28). The molecule has 1 unspecified atom stereocenters. The Morgan fingerprint density at radius 3 is 2.38 bits per heavy atom. The molecule has 2 aromatic carbocycles. The molecule has 0 aliphatic heterocycles. The first-order valence-corrected chi connectivity index (χ1v) is 9.20. The highest BCUT2D eigenvalue weighted by Gasteiger charge is 2.23. The van der Waals surface area contributed by atoms with Crippen LogP contribution in [0.2, 0.25) is 0 Å². The number of carbonyl (C=O) groups is 3. The highest BCUT2D eigenvalue weighted by molar-refractivity contribution is 5.94. The molecule has 0 saturated carbocycles. The smallest absolute Gasteiger partial charge is 0.320 e. The number of ether oxygens (including phenoxy) is 1. The van der Waals surface area contributed by atoms with Gasteiger partial charge in [0, 0.05) is 20.0 Å². The molecule has 0 saturated heterocycles. The summed E-state index contributed by atoms with van der Waals surface area (Å²) in [6.07, 6.45) is 0. The number of carboxylic acid groups (broad SMARTS) is 1. The molecule has 29 heavy (non-hydrogen) atoms. The van der Waals surface area contributed by atoms with E-state index in [0.29, 0.717) is 17.2 Å². The van der Waals surface area contributed by atoms with Crippen LogP contribution in [0.4, 0.5) is 5.69 Å². The molecule has 1 atom stereocenters. The quantitative estimate of drug-likeness (QED) is 0.566. The summed E-state index contributed by atoms with van der Waals surface area (Å²) in [5, 5.41) is 14.7. The maximum atomic E-state index is 12.6. The van der Waals surface area contributed by atoms with Crippen LogP contribution in [0, 0.1) is 0 Å². The molecule has 3 N–H and O–H groups in total. The highest BCUT2D eigenvalue weighted by Crippen LogP contribution is 2.29. The Kier molecular flexibility index (Phi) is 8.17. The number of nitrogens with zero attached hydrogens (tertiary/aromatic N) is 1. The molecule has 154 valence electrons. The summed E-state index contributed by atoms with van der Waals surface area (Å²) in [4.78, 5) is 36.4. The van der Waals surface area contributed by atoms with Gasteiger partial charge in [-0.25, -0.2) is 0 Å². The third-order valence-corrected chi connectivity index (χ3v) is 4.16. The van der Waals surface area contributed by atoms with Crippen molar-refractivity contribution in [2.45, 2.75) is 19.9 Å². The van der Waals surface area contributed by atoms with E-state index in [1.807, 2.05) is 18.2 Å². The lowest BCUT2D eigenvalue weighted by Crippen LogP contribution is -2.46. The van der Waals surface area contributed by atoms with Crippen LogP contribution in [0.5, 0.6) is 11.5 Å². The van der Waals surface area contributed by atoms with Crippen molar-refractivity contribution >= 4 is 23.5 Å². The maximum Gasteiger partial charge on any atom is 0.320 e. The van der Waals surface area contributed by atoms with Gasteiger partial charge in [-0.3, -0.25) is 19.3 Å². The molecule has 0 heterocycles. The number of para-hydroxylation sites is 3. The monoisotopic (exact) mass is 399 g/mol. The molecule has 2 amide bonds. The van der Waals surface area contributed by atoms with Crippen molar-refractivity contribution in [2.24, 2.45) is 0 Å². The average Bonchev–Trinajstić information content (AvgIpc) is 2.68. The van der Waals surface area contributed by atoms with E-state index in [0.717, 1.165) is 0 Å². The van der Waals surface area contributed by atoms with E-state index in [9.17, 15) is 19.5 Å². The number of hydrogen-bond donors (Lipinski definition) is 3. The molecular weight excluding hydrogens is 374 g/mol. The minimum Gasteiger partial charge on any atom is -0.480 e. The molecule has 8 nitrogen and oxygen atoms in total. The molecule has 2 rings (SSSR count). The van der Waals surface area contributed by atoms with Crippen LogP contribution >= 0.6 is 0 Å². The summed E-state index contributed by atoms with van der Waals surface area (Å²) in [6.45, 7) is 3.19. The van der Waals surface area contributed by atoms with Gasteiger partial charge < -0.3 is 20.5 Å². The minimum atomic E-state index is -1.05. The van der Waals surface area contributed by atoms with Gasteiger partial charge in [-0.15, -0.1) is 0 Å². The zero-order chi connectivity index (χ0) is 21.2. The molecular formula is C21H25N3O5. The van der Waals surface area contributed by atoms with Crippen LogP contribution in [0.25, 0.3) is 0 Å². The Morgan fingerprint density at radius 2 is 1.72 bits per heavy atom. The lowest BCUT2D eigenvalue weighted by molar-refractivity contribution is -0.142. The summed E-state index contributed by atoms with van der Waals surface area (Å²) in [5.41, 5.74) is 0.478. The van der Waals surface area contributed by atoms with E-state index in [4.69, 9.17) is 4.74 Å². The Hall–Kier alpha value is -3.39. The number of hydrogen-bond acceptors (Lipinski definition) is 5. The van der Waals surface area contributed by atoms with Gasteiger partial charge in [0.1, 0.15) is 11.8 Å². The van der Waals surface area contributed by atoms with E-state index >= 15 is 0 Å². The predicted molar refractivity (Wildman–Crippen MR) is 109 cm³/mol. The molecule has 0 bridgehead atoms. The van der Waals surface area contributed by atoms with E-state index in [-0.39, 0.29) is 31.4 Å². The van der Waals surface area contributed by atoms with Crippen LogP contribution in [-0.4, -0.2) is 53.5 Å². The van der Waals surface area contributed by atoms with Crippen molar-refractivity contribution in [3.05, 3.63) is 54.6 Å². The van der Waals surface area contributed by atoms with Gasteiger partial charge in [0.05, 0.1) is 12.2 Å². The molecule has 0 aliphatic rings. The van der Waals surface area contributed by atoms with E-state index in [2.05, 4.69) is 10.6 Å². The minimum absolute atomic E-state index is 0.146. The first-order valence-electron chi connectivity index (χ1n) is 9.20. The number of carboxylic acids is 1. The summed E-state index contributed by atoms with van der Waals surface area (Å²) in [5.74, 6) is -0.545. The molecule has 0 aliphatic carbocycles. The van der Waals surface area contributed by atoms with Crippen LogP contribution in [-0.2, 0) is 14.4 Å². The third-order valence-electron chi connectivity index (χ3n) is 4.16. The summed E-state index contributed by atoms with van der Waals surface area (Å²) >= 11 is 0. The number of amides is 2. The summed E-state index contributed by atoms with van der Waals surface area (Å²) in [7, 11) is 0. The lowest BCUT2D eigenvalue weighted by Gasteiger charge is -2.25. The van der Waals surface area contributed by atoms with Gasteiger partial charge in [0.15, 0.2) is 5.75 Å². The van der Waals surface area contributed by atoms with Crippen molar-refractivity contribution in [3.8, 4) is 11.5 Å². The average molecular weight is 399 g/mol. The summed E-state index contributed by atoms with van der Waals surface area (Å²) < 4.78 is 5.82. The topological polar surface area (TPSA) is 108 Å². The zero-order valence-electron chi connectivity index (χ0n) is 16.4. The Labute approximate surface area is 169 Å². The Morgan fingerprint density at radius 1 is 1.07 bits per heavy atom. The fourth-order valence-electron chi connectivity index (χ4n) is 2.59. The molecule has 0 aromatic heterocycles. The summed E-state index contributed by atoms with van der Waals surface area (Å²) in [6, 6.07) is 15.3. The second-order valence-electron chi connectivity index (χ2n) is 6.43. The largest absolute Gasteiger partial charge is 0.480 e. The SMILES string of the molecule is CC(=O)NCCN(CC(=O)Nc1ccccc1Oc1ccccc1)C(C)C(=O)O. The van der Waals surface area contributed by atoms with Crippen LogP contribution in [0.15, 0.2) is 54.6 Å². The van der Waals surface area contributed by atoms with E-state index in [1.165, 1.54) is 18.7 Å². The van der Waals surface area contributed by atoms with Gasteiger partial charge in [-0.1, -0.05) is 30.3 Å². The zero-order valence-corrected chi connectivity index (χ0v) is 16.4. The van der Waals surface area contributed by atoms with Gasteiger partial charge in [0.2, 0.25) is 11.8 Å². The van der Waals surface area contributed by atoms with Crippen molar-refractivity contribution in [1.29, 1.82) is 0 Å². The second-order valence-corrected chi connectivity index (χ2v) is 6.43. The van der Waals surface area contributed by atoms with Gasteiger partial charge in [-0.05, 0) is 31.2 Å². The van der Waals surface area contributed by atoms with Gasteiger partial charge in [0.25, 0.3) is 0 Å². The van der Waals surface area contributed by atoms with Crippen molar-refractivity contribution in [1.82, 2.24) is 10.2 Å². The highest BCUT2D eigenvalue weighted by atomic mass is 16.5. The lowest BCUT2D eigenvalue weighted by atomic mass is 10.2. The van der Waals surface area contributed by atoms with Crippen LogP contribution < -0.4 is 15.4 Å². The van der Waals surface area contributed by atoms with Gasteiger partial charge >= 0.3 is 5.97 Å². The number of nitrogens with one attached hydrogen (secondary N) is 2. The Balaban J connectivity index is 2.05. The Bertz CT molecular complexity index is 841. The fraction of sp³-hybridized carbons (Fsp3) is 0.286. The normalized spacial score (nSPS) is 11.6. The predicted octanol–water partition coefficient (Wildman–Crippen LogP) is 2.33. The number of anilines is 1. The van der Waals surface area contributed by atoms with E-state index < -0.39 is 12.0 Å².